The molecule has 1 amide bonds. The molecule has 1 fully saturated rings. The van der Waals surface area contributed by atoms with E-state index in [1.807, 2.05) is 0 Å². The van der Waals surface area contributed by atoms with E-state index in [0.717, 1.165) is 9.98 Å². The molecule has 2 rings (SSSR count). The van der Waals surface area contributed by atoms with Gasteiger partial charge in [0.2, 0.25) is 5.91 Å². The molecule has 0 aliphatic carbocycles. The second-order valence-electron chi connectivity index (χ2n) is 6.24. The van der Waals surface area contributed by atoms with Crippen molar-refractivity contribution in [3.05, 3.63) is 29.8 Å². The van der Waals surface area contributed by atoms with Crippen molar-refractivity contribution in [2.45, 2.75) is 30.8 Å². The van der Waals surface area contributed by atoms with Crippen LogP contribution in [0.3, 0.4) is 0 Å². The lowest BCUT2D eigenvalue weighted by Crippen LogP contribution is -2.49. The number of hydrogen-bond acceptors (Lipinski definition) is 6. The summed E-state index contributed by atoms with van der Waals surface area (Å²) in [6.45, 7) is 1.72. The summed E-state index contributed by atoms with van der Waals surface area (Å²) in [5.41, 5.74) is 0.772. The maximum Gasteiger partial charge on any atom is 0.256 e. The Balaban J connectivity index is 2.26. The van der Waals surface area contributed by atoms with E-state index in [4.69, 9.17) is 0 Å². The Morgan fingerprint density at radius 3 is 2.28 bits per heavy atom. The molecule has 1 aromatic carbocycles. The third-order valence-corrected chi connectivity index (χ3v) is 7.66. The molecule has 0 unspecified atom stereocenters. The van der Waals surface area contributed by atoms with E-state index in [2.05, 4.69) is 5.32 Å². The standard InChI is InChI=1S/C15H23N3O5S2/c1-12(19)16-10-13-4-6-15(7-5-13)25(22,23)18(17(2)3)14-8-9-24(20,21)11-14/h4-7,14H,8-11H2,1-3H3,(H,16,19)/t14-/m0/s1. The number of sulfone groups is 1. The molecule has 0 aromatic heterocycles. The quantitative estimate of drug-likeness (QED) is 0.686. The molecule has 0 saturated carbocycles. The molecule has 0 bridgehead atoms. The number of amides is 1. The van der Waals surface area contributed by atoms with Crippen molar-refractivity contribution in [2.75, 3.05) is 25.6 Å². The Bertz CT molecular complexity index is 832. The van der Waals surface area contributed by atoms with Gasteiger partial charge in [0.05, 0.1) is 22.4 Å². The normalized spacial score (nSPS) is 20.1. The lowest BCUT2D eigenvalue weighted by molar-refractivity contribution is -0.119. The van der Waals surface area contributed by atoms with Crippen LogP contribution < -0.4 is 5.32 Å². The van der Waals surface area contributed by atoms with Crippen LogP contribution in [0, 0.1) is 0 Å². The van der Waals surface area contributed by atoms with Crippen molar-refractivity contribution in [1.82, 2.24) is 14.7 Å². The maximum atomic E-state index is 13.0. The van der Waals surface area contributed by atoms with Crippen LogP contribution in [0.4, 0.5) is 0 Å². The van der Waals surface area contributed by atoms with E-state index in [9.17, 15) is 21.6 Å². The van der Waals surface area contributed by atoms with Crippen molar-refractivity contribution in [3.63, 3.8) is 0 Å². The molecule has 0 spiro atoms. The molecule has 10 heteroatoms. The molecule has 1 aromatic rings. The zero-order valence-electron chi connectivity index (χ0n) is 14.5. The smallest absolute Gasteiger partial charge is 0.256 e. The zero-order chi connectivity index (χ0) is 18.8. The minimum Gasteiger partial charge on any atom is -0.352 e. The van der Waals surface area contributed by atoms with Crippen LogP contribution in [0.25, 0.3) is 0 Å². The minimum atomic E-state index is -3.87. The minimum absolute atomic E-state index is 0.00677. The van der Waals surface area contributed by atoms with Gasteiger partial charge in [-0.15, -0.1) is 4.41 Å². The Hall–Kier alpha value is -1.49. The first-order valence-electron chi connectivity index (χ1n) is 7.78. The van der Waals surface area contributed by atoms with Crippen molar-refractivity contribution < 1.29 is 21.6 Å². The summed E-state index contributed by atoms with van der Waals surface area (Å²) in [6.07, 6.45) is 0.278. The second-order valence-corrected chi connectivity index (χ2v) is 10.3. The predicted molar refractivity (Wildman–Crippen MR) is 93.7 cm³/mol. The average molecular weight is 389 g/mol. The highest BCUT2D eigenvalue weighted by molar-refractivity contribution is 7.92. The fraction of sp³-hybridized carbons (Fsp3) is 0.533. The highest BCUT2D eigenvalue weighted by atomic mass is 32.2. The van der Waals surface area contributed by atoms with Crippen molar-refractivity contribution in [3.8, 4) is 0 Å². The predicted octanol–water partition coefficient (Wildman–Crippen LogP) is -0.0229. The fourth-order valence-corrected chi connectivity index (χ4v) is 6.29. The van der Waals surface area contributed by atoms with E-state index in [-0.39, 0.29) is 28.7 Å². The van der Waals surface area contributed by atoms with Crippen molar-refractivity contribution in [2.24, 2.45) is 0 Å². The van der Waals surface area contributed by atoms with Crippen LogP contribution >= 0.6 is 0 Å². The third-order valence-electron chi connectivity index (χ3n) is 3.92. The van der Waals surface area contributed by atoms with E-state index in [1.54, 1.807) is 26.2 Å². The maximum absolute atomic E-state index is 13.0. The summed E-state index contributed by atoms with van der Waals surface area (Å²) < 4.78 is 50.5. The van der Waals surface area contributed by atoms with Gasteiger partial charge in [-0.05, 0) is 24.1 Å². The van der Waals surface area contributed by atoms with Gasteiger partial charge in [0.25, 0.3) is 10.0 Å². The number of benzene rings is 1. The number of hydrogen-bond donors (Lipinski definition) is 1. The molecule has 1 heterocycles. The molecule has 1 aliphatic heterocycles. The van der Waals surface area contributed by atoms with Gasteiger partial charge >= 0.3 is 0 Å². The van der Waals surface area contributed by atoms with Crippen LogP contribution in [0.5, 0.6) is 0 Å². The summed E-state index contributed by atoms with van der Waals surface area (Å²) in [4.78, 5) is 11.0. The van der Waals surface area contributed by atoms with Gasteiger partial charge in [0.15, 0.2) is 9.84 Å². The van der Waals surface area contributed by atoms with Gasteiger partial charge in [0.1, 0.15) is 0 Å². The first-order valence-corrected chi connectivity index (χ1v) is 11.0. The van der Waals surface area contributed by atoms with Crippen molar-refractivity contribution >= 4 is 25.8 Å². The lowest BCUT2D eigenvalue weighted by Gasteiger charge is -2.32. The average Bonchev–Trinajstić information content (AvgIpc) is 2.84. The molecular formula is C15H23N3O5S2. The summed E-state index contributed by atoms with van der Waals surface area (Å²) in [5, 5.41) is 4.05. The third kappa shape index (κ3) is 4.78. The van der Waals surface area contributed by atoms with Crippen LogP contribution in [-0.2, 0) is 31.2 Å². The van der Waals surface area contributed by atoms with Crippen LogP contribution in [0.15, 0.2) is 29.2 Å². The van der Waals surface area contributed by atoms with Gasteiger partial charge in [-0.2, -0.15) is 0 Å². The van der Waals surface area contributed by atoms with E-state index >= 15 is 0 Å². The van der Waals surface area contributed by atoms with Gasteiger partial charge in [-0.25, -0.2) is 21.8 Å². The van der Waals surface area contributed by atoms with E-state index < -0.39 is 25.9 Å². The fourth-order valence-electron chi connectivity index (χ4n) is 2.80. The molecule has 1 saturated heterocycles. The summed E-state index contributed by atoms with van der Waals surface area (Å²) in [7, 11) is -3.93. The van der Waals surface area contributed by atoms with Gasteiger partial charge in [-0.1, -0.05) is 12.1 Å². The number of rotatable bonds is 6. The summed E-state index contributed by atoms with van der Waals surface area (Å²) in [5.74, 6) is -0.351. The van der Waals surface area contributed by atoms with E-state index in [1.165, 1.54) is 24.1 Å². The number of carbonyl (C=O) groups excluding carboxylic acids is 1. The highest BCUT2D eigenvalue weighted by Gasteiger charge is 2.40. The molecule has 25 heavy (non-hydrogen) atoms. The number of nitrogens with zero attached hydrogens (tertiary/aromatic N) is 2. The zero-order valence-corrected chi connectivity index (χ0v) is 16.1. The molecular weight excluding hydrogens is 366 g/mol. The van der Waals surface area contributed by atoms with E-state index in [0.29, 0.717) is 6.54 Å². The first kappa shape index (κ1) is 19.8. The molecule has 1 N–H and O–H groups in total. The Labute approximate surface area is 148 Å². The largest absolute Gasteiger partial charge is 0.352 e. The molecule has 140 valence electrons. The number of carbonyl (C=O) groups is 1. The number of sulfonamides is 1. The van der Waals surface area contributed by atoms with Gasteiger partial charge in [-0.3, -0.25) is 4.79 Å². The van der Waals surface area contributed by atoms with Crippen molar-refractivity contribution in [1.29, 1.82) is 0 Å². The summed E-state index contributed by atoms with van der Waals surface area (Å²) >= 11 is 0. The lowest BCUT2D eigenvalue weighted by atomic mass is 10.2. The molecule has 1 atom stereocenters. The number of nitrogens with one attached hydrogen (secondary N) is 1. The Morgan fingerprint density at radius 1 is 1.24 bits per heavy atom. The molecule has 8 nitrogen and oxygen atoms in total. The Kier molecular flexibility index (Phi) is 5.87. The van der Waals surface area contributed by atoms with Crippen LogP contribution in [0.1, 0.15) is 18.9 Å². The Morgan fingerprint density at radius 2 is 1.84 bits per heavy atom. The monoisotopic (exact) mass is 389 g/mol. The SMILES string of the molecule is CC(=O)NCc1ccc(S(=O)(=O)N([C@H]2CCS(=O)(=O)C2)N(C)C)cc1. The van der Waals surface area contributed by atoms with Gasteiger partial charge in [0, 0.05) is 27.6 Å². The topological polar surface area (TPSA) is 104 Å². The summed E-state index contributed by atoms with van der Waals surface area (Å²) in [6, 6.07) is 5.58. The molecule has 1 aliphatic rings. The second kappa shape index (κ2) is 7.40. The number of hydrazine groups is 1. The van der Waals surface area contributed by atoms with Crippen LogP contribution in [-0.4, -0.2) is 63.8 Å². The molecule has 0 radical (unpaired) electrons. The van der Waals surface area contributed by atoms with Crippen LogP contribution in [0.2, 0.25) is 0 Å². The first-order chi connectivity index (χ1) is 11.5. The van der Waals surface area contributed by atoms with Gasteiger partial charge < -0.3 is 5.32 Å². The highest BCUT2D eigenvalue weighted by Crippen LogP contribution is 2.26.